The van der Waals surface area contributed by atoms with Crippen molar-refractivity contribution in [2.75, 3.05) is 57.3 Å². The standard InChI is InChI=1S/C12H25N3S/c1-2-14-6-8-15(9-7-14)5-3-12-11-16-10-4-13-12/h12-13H,2-11H2,1H3. The minimum atomic E-state index is 0.767. The summed E-state index contributed by atoms with van der Waals surface area (Å²) in [4.78, 5) is 5.18. The maximum atomic E-state index is 3.62. The van der Waals surface area contributed by atoms with Gasteiger partial charge >= 0.3 is 0 Å². The molecule has 0 radical (unpaired) electrons. The van der Waals surface area contributed by atoms with E-state index in [-0.39, 0.29) is 0 Å². The van der Waals surface area contributed by atoms with Gasteiger partial charge in [0.1, 0.15) is 0 Å². The Hall–Kier alpha value is 0.230. The van der Waals surface area contributed by atoms with E-state index in [1.165, 1.54) is 63.7 Å². The topological polar surface area (TPSA) is 18.5 Å². The quantitative estimate of drug-likeness (QED) is 0.784. The Morgan fingerprint density at radius 1 is 1.19 bits per heavy atom. The highest BCUT2D eigenvalue weighted by Gasteiger charge is 2.18. The van der Waals surface area contributed by atoms with E-state index in [1.807, 2.05) is 0 Å². The van der Waals surface area contributed by atoms with Crippen molar-refractivity contribution in [3.05, 3.63) is 0 Å². The summed E-state index contributed by atoms with van der Waals surface area (Å²) >= 11 is 2.10. The molecule has 0 spiro atoms. The Bertz CT molecular complexity index is 187. The van der Waals surface area contributed by atoms with Crippen molar-refractivity contribution in [3.63, 3.8) is 0 Å². The number of hydrogen-bond acceptors (Lipinski definition) is 4. The van der Waals surface area contributed by atoms with Gasteiger partial charge in [-0.05, 0) is 19.5 Å². The Kier molecular flexibility index (Phi) is 5.42. The van der Waals surface area contributed by atoms with Gasteiger partial charge in [-0.2, -0.15) is 11.8 Å². The van der Waals surface area contributed by atoms with Crippen molar-refractivity contribution in [3.8, 4) is 0 Å². The van der Waals surface area contributed by atoms with Gasteiger partial charge in [0, 0.05) is 50.3 Å². The van der Waals surface area contributed by atoms with Crippen molar-refractivity contribution in [2.24, 2.45) is 0 Å². The van der Waals surface area contributed by atoms with E-state index in [2.05, 4.69) is 33.8 Å². The lowest BCUT2D eigenvalue weighted by Gasteiger charge is -2.35. The van der Waals surface area contributed by atoms with E-state index >= 15 is 0 Å². The molecule has 1 atom stereocenters. The second-order valence-electron chi connectivity index (χ2n) is 4.79. The molecule has 2 saturated heterocycles. The number of piperazine rings is 1. The molecule has 2 aliphatic heterocycles. The van der Waals surface area contributed by atoms with E-state index in [0.717, 1.165) is 6.04 Å². The summed E-state index contributed by atoms with van der Waals surface area (Å²) in [5.74, 6) is 2.61. The molecular weight excluding hydrogens is 218 g/mol. The summed E-state index contributed by atoms with van der Waals surface area (Å²) in [5.41, 5.74) is 0. The van der Waals surface area contributed by atoms with Crippen molar-refractivity contribution >= 4 is 11.8 Å². The second-order valence-corrected chi connectivity index (χ2v) is 5.94. The fraction of sp³-hybridized carbons (Fsp3) is 1.00. The van der Waals surface area contributed by atoms with Gasteiger partial charge < -0.3 is 15.1 Å². The predicted octanol–water partition coefficient (Wildman–Crippen LogP) is 0.719. The lowest BCUT2D eigenvalue weighted by molar-refractivity contribution is 0.133. The Morgan fingerprint density at radius 3 is 2.56 bits per heavy atom. The molecule has 4 heteroatoms. The molecule has 2 fully saturated rings. The van der Waals surface area contributed by atoms with Crippen LogP contribution in [0.2, 0.25) is 0 Å². The van der Waals surface area contributed by atoms with Crippen LogP contribution in [0.25, 0.3) is 0 Å². The first-order chi connectivity index (χ1) is 7.88. The number of likely N-dealkylation sites (N-methyl/N-ethyl adjacent to an activating group) is 1. The van der Waals surface area contributed by atoms with E-state index in [4.69, 9.17) is 0 Å². The summed E-state index contributed by atoms with van der Waals surface area (Å²) in [6, 6.07) is 0.767. The average Bonchev–Trinajstić information content (AvgIpc) is 2.38. The van der Waals surface area contributed by atoms with Gasteiger partial charge in [0.15, 0.2) is 0 Å². The highest BCUT2D eigenvalue weighted by Crippen LogP contribution is 2.11. The minimum Gasteiger partial charge on any atom is -0.312 e. The third-order valence-corrected chi connectivity index (χ3v) is 4.84. The number of nitrogens with one attached hydrogen (secondary N) is 1. The summed E-state index contributed by atoms with van der Waals surface area (Å²) in [7, 11) is 0. The fourth-order valence-electron chi connectivity index (χ4n) is 2.47. The van der Waals surface area contributed by atoms with E-state index < -0.39 is 0 Å². The predicted molar refractivity (Wildman–Crippen MR) is 72.3 cm³/mol. The zero-order valence-electron chi connectivity index (χ0n) is 10.5. The van der Waals surface area contributed by atoms with Crippen LogP contribution in [0.4, 0.5) is 0 Å². The summed E-state index contributed by atoms with van der Waals surface area (Å²) in [6.45, 7) is 11.1. The van der Waals surface area contributed by atoms with E-state index in [0.29, 0.717) is 0 Å². The molecule has 0 amide bonds. The highest BCUT2D eigenvalue weighted by molar-refractivity contribution is 7.99. The van der Waals surface area contributed by atoms with Crippen LogP contribution in [-0.4, -0.2) is 73.2 Å². The second kappa shape index (κ2) is 6.84. The Balaban J connectivity index is 1.59. The van der Waals surface area contributed by atoms with Crippen LogP contribution in [0, 0.1) is 0 Å². The largest absolute Gasteiger partial charge is 0.312 e. The third kappa shape index (κ3) is 3.91. The monoisotopic (exact) mass is 243 g/mol. The molecule has 0 aromatic rings. The minimum absolute atomic E-state index is 0.767. The zero-order valence-corrected chi connectivity index (χ0v) is 11.3. The van der Waals surface area contributed by atoms with Gasteiger partial charge in [-0.15, -0.1) is 0 Å². The maximum Gasteiger partial charge on any atom is 0.0170 e. The van der Waals surface area contributed by atoms with Gasteiger partial charge in [0.25, 0.3) is 0 Å². The molecule has 0 aromatic heterocycles. The van der Waals surface area contributed by atoms with Gasteiger partial charge in [-0.1, -0.05) is 6.92 Å². The molecule has 0 bridgehead atoms. The van der Waals surface area contributed by atoms with Crippen molar-refractivity contribution in [2.45, 2.75) is 19.4 Å². The summed E-state index contributed by atoms with van der Waals surface area (Å²) < 4.78 is 0. The zero-order chi connectivity index (χ0) is 11.2. The molecule has 1 unspecified atom stereocenters. The smallest absolute Gasteiger partial charge is 0.0170 e. The van der Waals surface area contributed by atoms with Gasteiger partial charge in [0.05, 0.1) is 0 Å². The first kappa shape index (κ1) is 12.7. The molecule has 94 valence electrons. The van der Waals surface area contributed by atoms with Gasteiger partial charge in [-0.25, -0.2) is 0 Å². The lowest BCUT2D eigenvalue weighted by Crippen LogP contribution is -2.48. The highest BCUT2D eigenvalue weighted by atomic mass is 32.2. The number of nitrogens with zero attached hydrogens (tertiary/aromatic N) is 2. The van der Waals surface area contributed by atoms with Crippen LogP contribution >= 0.6 is 11.8 Å². The molecule has 2 heterocycles. The van der Waals surface area contributed by atoms with Crippen LogP contribution in [0.15, 0.2) is 0 Å². The van der Waals surface area contributed by atoms with Crippen molar-refractivity contribution in [1.82, 2.24) is 15.1 Å². The average molecular weight is 243 g/mol. The fourth-order valence-corrected chi connectivity index (χ4v) is 3.47. The summed E-state index contributed by atoms with van der Waals surface area (Å²) in [6.07, 6.45) is 1.33. The van der Waals surface area contributed by atoms with Crippen LogP contribution in [0.1, 0.15) is 13.3 Å². The molecule has 2 aliphatic rings. The molecule has 0 aliphatic carbocycles. The maximum absolute atomic E-state index is 3.62. The number of rotatable bonds is 4. The van der Waals surface area contributed by atoms with Crippen LogP contribution in [-0.2, 0) is 0 Å². The first-order valence-electron chi connectivity index (χ1n) is 6.64. The Morgan fingerprint density at radius 2 is 1.94 bits per heavy atom. The van der Waals surface area contributed by atoms with E-state index in [9.17, 15) is 0 Å². The van der Waals surface area contributed by atoms with Crippen LogP contribution in [0.3, 0.4) is 0 Å². The van der Waals surface area contributed by atoms with Crippen LogP contribution < -0.4 is 5.32 Å². The first-order valence-corrected chi connectivity index (χ1v) is 7.80. The van der Waals surface area contributed by atoms with Gasteiger partial charge in [-0.3, -0.25) is 0 Å². The molecular formula is C12H25N3S. The molecule has 2 rings (SSSR count). The van der Waals surface area contributed by atoms with Gasteiger partial charge in [0.2, 0.25) is 0 Å². The Labute approximate surface area is 104 Å². The van der Waals surface area contributed by atoms with Crippen molar-refractivity contribution in [1.29, 1.82) is 0 Å². The molecule has 1 N–H and O–H groups in total. The number of thioether (sulfide) groups is 1. The number of hydrogen-bond donors (Lipinski definition) is 1. The normalized spacial score (nSPS) is 29.4. The summed E-state index contributed by atoms with van der Waals surface area (Å²) in [5, 5.41) is 3.62. The molecule has 3 nitrogen and oxygen atoms in total. The van der Waals surface area contributed by atoms with Crippen molar-refractivity contribution < 1.29 is 0 Å². The molecule has 0 saturated carbocycles. The molecule has 0 aromatic carbocycles. The third-order valence-electron chi connectivity index (χ3n) is 3.70. The SMILES string of the molecule is CCN1CCN(CCC2CSCCN2)CC1. The van der Waals surface area contributed by atoms with E-state index in [1.54, 1.807) is 0 Å². The lowest BCUT2D eigenvalue weighted by atomic mass is 10.2. The van der Waals surface area contributed by atoms with Crippen LogP contribution in [0.5, 0.6) is 0 Å². The molecule has 16 heavy (non-hydrogen) atoms.